The number of hydrogen-bond donors (Lipinski definition) is 1. The van der Waals surface area contributed by atoms with Crippen LogP contribution in [0.5, 0.6) is 5.75 Å². The van der Waals surface area contributed by atoms with Crippen LogP contribution < -0.4 is 10.1 Å². The van der Waals surface area contributed by atoms with E-state index < -0.39 is 0 Å². The third-order valence-electron chi connectivity index (χ3n) is 3.25. The van der Waals surface area contributed by atoms with E-state index in [4.69, 9.17) is 16.3 Å². The van der Waals surface area contributed by atoms with Crippen LogP contribution in [-0.2, 0) is 6.54 Å². The monoisotopic (exact) mass is 353 g/mol. The zero-order valence-electron chi connectivity index (χ0n) is 11.5. The molecule has 1 N–H and O–H groups in total. The van der Waals surface area contributed by atoms with Gasteiger partial charge in [0.1, 0.15) is 5.75 Å². The van der Waals surface area contributed by atoms with Crippen LogP contribution in [0.3, 0.4) is 0 Å². The number of hydrogen-bond acceptors (Lipinski definition) is 2. The third kappa shape index (κ3) is 3.75. The van der Waals surface area contributed by atoms with E-state index in [1.54, 1.807) is 7.11 Å². The molecule has 0 fully saturated rings. The van der Waals surface area contributed by atoms with Crippen molar-refractivity contribution in [1.29, 1.82) is 0 Å². The van der Waals surface area contributed by atoms with Crippen molar-refractivity contribution in [3.05, 3.63) is 63.1 Å². The van der Waals surface area contributed by atoms with Gasteiger partial charge < -0.3 is 10.1 Å². The molecule has 4 heteroatoms. The van der Waals surface area contributed by atoms with Crippen LogP contribution in [0.4, 0.5) is 0 Å². The molecule has 20 heavy (non-hydrogen) atoms. The van der Waals surface area contributed by atoms with Crippen LogP contribution in [0.2, 0.25) is 5.02 Å². The van der Waals surface area contributed by atoms with E-state index in [2.05, 4.69) is 40.3 Å². The summed E-state index contributed by atoms with van der Waals surface area (Å²) in [5.74, 6) is 0.813. The Morgan fingerprint density at radius 3 is 2.55 bits per heavy atom. The molecule has 0 aromatic heterocycles. The van der Waals surface area contributed by atoms with Gasteiger partial charge in [-0.15, -0.1) is 0 Å². The molecular formula is C16H17BrClNO. The van der Waals surface area contributed by atoms with E-state index in [0.29, 0.717) is 6.54 Å². The highest BCUT2D eigenvalue weighted by Crippen LogP contribution is 2.27. The summed E-state index contributed by atoms with van der Waals surface area (Å²) in [5.41, 5.74) is 2.22. The first-order valence-electron chi connectivity index (χ1n) is 6.42. The van der Waals surface area contributed by atoms with E-state index in [0.717, 1.165) is 20.8 Å². The minimum atomic E-state index is 0.240. The molecule has 0 saturated carbocycles. The van der Waals surface area contributed by atoms with Gasteiger partial charge in [-0.2, -0.15) is 0 Å². The molecule has 0 bridgehead atoms. The molecule has 2 aromatic carbocycles. The van der Waals surface area contributed by atoms with Crippen LogP contribution in [0.15, 0.2) is 46.9 Å². The Bertz CT molecular complexity index is 571. The topological polar surface area (TPSA) is 21.3 Å². The quantitative estimate of drug-likeness (QED) is 0.819. The van der Waals surface area contributed by atoms with E-state index in [9.17, 15) is 0 Å². The fraction of sp³-hybridized carbons (Fsp3) is 0.250. The number of rotatable bonds is 5. The predicted octanol–water partition coefficient (Wildman–Crippen LogP) is 4.96. The molecule has 106 valence electrons. The van der Waals surface area contributed by atoms with Gasteiger partial charge in [-0.25, -0.2) is 0 Å². The van der Waals surface area contributed by atoms with Gasteiger partial charge in [-0.05, 0) is 36.8 Å². The second-order valence-corrected chi connectivity index (χ2v) is 5.90. The lowest BCUT2D eigenvalue weighted by Gasteiger charge is -2.16. The van der Waals surface area contributed by atoms with E-state index in [1.165, 1.54) is 5.56 Å². The van der Waals surface area contributed by atoms with Gasteiger partial charge in [0.15, 0.2) is 0 Å². The third-order valence-corrected chi connectivity index (χ3v) is 4.13. The SMILES string of the molecule is COc1cccc(Cl)c1CN[C@H](C)c1ccc(Br)cc1. The molecule has 0 aliphatic heterocycles. The summed E-state index contributed by atoms with van der Waals surface area (Å²) in [6, 6.07) is 14.2. The number of methoxy groups -OCH3 is 1. The Labute approximate surface area is 133 Å². The standard InChI is InChI=1S/C16H17BrClNO/c1-11(12-6-8-13(17)9-7-12)19-10-14-15(18)4-3-5-16(14)20-2/h3-9,11,19H,10H2,1-2H3/t11-/m1/s1. The van der Waals surface area contributed by atoms with Gasteiger partial charge in [-0.1, -0.05) is 45.7 Å². The maximum absolute atomic E-state index is 6.23. The zero-order valence-corrected chi connectivity index (χ0v) is 13.8. The lowest BCUT2D eigenvalue weighted by Crippen LogP contribution is -2.18. The molecule has 0 saturated heterocycles. The molecule has 2 nitrogen and oxygen atoms in total. The molecule has 0 amide bonds. The van der Waals surface area contributed by atoms with Crippen LogP contribution in [0.25, 0.3) is 0 Å². The highest BCUT2D eigenvalue weighted by molar-refractivity contribution is 9.10. The second kappa shape index (κ2) is 7.11. The summed E-state index contributed by atoms with van der Waals surface area (Å²) < 4.78 is 6.43. The van der Waals surface area contributed by atoms with E-state index in [1.807, 2.05) is 30.3 Å². The van der Waals surface area contributed by atoms with Gasteiger partial charge in [0.2, 0.25) is 0 Å². The van der Waals surface area contributed by atoms with Crippen molar-refractivity contribution in [3.8, 4) is 5.75 Å². The van der Waals surface area contributed by atoms with Crippen LogP contribution >= 0.6 is 27.5 Å². The fourth-order valence-electron chi connectivity index (χ4n) is 2.03. The van der Waals surface area contributed by atoms with Crippen molar-refractivity contribution in [1.82, 2.24) is 5.32 Å². The number of benzene rings is 2. The average Bonchev–Trinajstić information content (AvgIpc) is 2.46. The maximum Gasteiger partial charge on any atom is 0.124 e. The van der Waals surface area contributed by atoms with Crippen molar-refractivity contribution < 1.29 is 4.74 Å². The highest BCUT2D eigenvalue weighted by atomic mass is 79.9. The largest absolute Gasteiger partial charge is 0.496 e. The molecule has 0 aliphatic rings. The molecule has 0 radical (unpaired) electrons. The Morgan fingerprint density at radius 2 is 1.90 bits per heavy atom. The molecular weight excluding hydrogens is 338 g/mol. The van der Waals surface area contributed by atoms with Gasteiger partial charge in [0, 0.05) is 27.6 Å². The molecule has 0 heterocycles. The lowest BCUT2D eigenvalue weighted by molar-refractivity contribution is 0.406. The van der Waals surface area contributed by atoms with Gasteiger partial charge in [0.05, 0.1) is 7.11 Å². The Balaban J connectivity index is 2.07. The minimum Gasteiger partial charge on any atom is -0.496 e. The Hall–Kier alpha value is -1.03. The van der Waals surface area contributed by atoms with E-state index in [-0.39, 0.29) is 6.04 Å². The lowest BCUT2D eigenvalue weighted by atomic mass is 10.1. The fourth-order valence-corrected chi connectivity index (χ4v) is 2.52. The molecule has 0 spiro atoms. The van der Waals surface area contributed by atoms with Gasteiger partial charge >= 0.3 is 0 Å². The molecule has 2 aromatic rings. The van der Waals surface area contributed by atoms with Crippen molar-refractivity contribution in [2.45, 2.75) is 19.5 Å². The Morgan fingerprint density at radius 1 is 1.20 bits per heavy atom. The summed E-state index contributed by atoms with van der Waals surface area (Å²) >= 11 is 9.68. The first-order valence-corrected chi connectivity index (χ1v) is 7.59. The average molecular weight is 355 g/mol. The van der Waals surface area contributed by atoms with Crippen molar-refractivity contribution in [2.24, 2.45) is 0 Å². The molecule has 1 atom stereocenters. The van der Waals surface area contributed by atoms with Crippen molar-refractivity contribution in [3.63, 3.8) is 0 Å². The zero-order chi connectivity index (χ0) is 14.5. The smallest absolute Gasteiger partial charge is 0.124 e. The summed E-state index contributed by atoms with van der Waals surface area (Å²) in [6.07, 6.45) is 0. The highest BCUT2D eigenvalue weighted by Gasteiger charge is 2.10. The van der Waals surface area contributed by atoms with E-state index >= 15 is 0 Å². The minimum absolute atomic E-state index is 0.240. The van der Waals surface area contributed by atoms with Crippen LogP contribution in [0.1, 0.15) is 24.1 Å². The molecule has 0 aliphatic carbocycles. The molecule has 0 unspecified atom stereocenters. The number of ether oxygens (including phenoxy) is 1. The summed E-state index contributed by atoms with van der Waals surface area (Å²) in [4.78, 5) is 0. The van der Waals surface area contributed by atoms with Crippen LogP contribution in [0, 0.1) is 0 Å². The Kier molecular flexibility index (Phi) is 5.46. The second-order valence-electron chi connectivity index (χ2n) is 4.57. The number of nitrogens with one attached hydrogen (secondary N) is 1. The normalized spacial score (nSPS) is 12.2. The first-order chi connectivity index (χ1) is 9.61. The number of halogens is 2. The predicted molar refractivity (Wildman–Crippen MR) is 87.4 cm³/mol. The first kappa shape index (κ1) is 15.4. The summed E-state index contributed by atoms with van der Waals surface area (Å²) in [5, 5.41) is 4.19. The summed E-state index contributed by atoms with van der Waals surface area (Å²) in [6.45, 7) is 2.80. The van der Waals surface area contributed by atoms with Gasteiger partial charge in [-0.3, -0.25) is 0 Å². The summed E-state index contributed by atoms with van der Waals surface area (Å²) in [7, 11) is 1.66. The van der Waals surface area contributed by atoms with Gasteiger partial charge in [0.25, 0.3) is 0 Å². The molecule has 2 rings (SSSR count). The van der Waals surface area contributed by atoms with Crippen molar-refractivity contribution in [2.75, 3.05) is 7.11 Å². The maximum atomic E-state index is 6.23. The van der Waals surface area contributed by atoms with Crippen LogP contribution in [-0.4, -0.2) is 7.11 Å². The van der Waals surface area contributed by atoms with Crippen molar-refractivity contribution >= 4 is 27.5 Å².